The van der Waals surface area contributed by atoms with Crippen LogP contribution >= 0.6 is 0 Å². The summed E-state index contributed by atoms with van der Waals surface area (Å²) in [6.45, 7) is 0.866. The standard InChI is InChI=1S/C13H15NO2/c1-16-13(15)6-7-14-9-11-8-10-4-2-3-5-12(10)11/h2-7,11,14H,8-9H2,1H3/b7-6+. The smallest absolute Gasteiger partial charge is 0.331 e. The van der Waals surface area contributed by atoms with Crippen molar-refractivity contribution in [2.24, 2.45) is 0 Å². The SMILES string of the molecule is COC(=O)/C=C/NCC1Cc2ccccc21. The lowest BCUT2D eigenvalue weighted by Gasteiger charge is -2.29. The van der Waals surface area contributed by atoms with Crippen LogP contribution in [0.15, 0.2) is 36.5 Å². The summed E-state index contributed by atoms with van der Waals surface area (Å²) < 4.78 is 4.49. The molecule has 0 saturated heterocycles. The molecule has 0 heterocycles. The monoisotopic (exact) mass is 217 g/mol. The summed E-state index contributed by atoms with van der Waals surface area (Å²) in [6, 6.07) is 8.46. The minimum Gasteiger partial charge on any atom is -0.466 e. The summed E-state index contributed by atoms with van der Waals surface area (Å²) in [4.78, 5) is 10.8. The summed E-state index contributed by atoms with van der Waals surface area (Å²) >= 11 is 0. The maximum atomic E-state index is 10.8. The molecule has 3 nitrogen and oxygen atoms in total. The minimum absolute atomic E-state index is 0.332. The van der Waals surface area contributed by atoms with Crippen LogP contribution in [-0.4, -0.2) is 19.6 Å². The molecule has 16 heavy (non-hydrogen) atoms. The Labute approximate surface area is 95.1 Å². The summed E-state index contributed by atoms with van der Waals surface area (Å²) in [5, 5.41) is 3.11. The Morgan fingerprint density at radius 3 is 3.12 bits per heavy atom. The molecule has 0 radical (unpaired) electrons. The van der Waals surface area contributed by atoms with Gasteiger partial charge in [-0.3, -0.25) is 0 Å². The zero-order valence-electron chi connectivity index (χ0n) is 9.27. The number of rotatable bonds is 4. The van der Waals surface area contributed by atoms with E-state index < -0.39 is 0 Å². The second-order valence-electron chi connectivity index (χ2n) is 3.86. The van der Waals surface area contributed by atoms with Gasteiger partial charge in [0.05, 0.1) is 7.11 Å². The molecule has 84 valence electrons. The van der Waals surface area contributed by atoms with E-state index in [9.17, 15) is 4.79 Å². The molecule has 0 spiro atoms. The zero-order chi connectivity index (χ0) is 11.4. The number of carbonyl (C=O) groups excluding carboxylic acids is 1. The number of benzene rings is 1. The highest BCUT2D eigenvalue weighted by atomic mass is 16.5. The highest BCUT2D eigenvalue weighted by Gasteiger charge is 2.24. The highest BCUT2D eigenvalue weighted by molar-refractivity contribution is 5.81. The molecule has 1 aliphatic rings. The largest absolute Gasteiger partial charge is 0.466 e. The molecule has 1 aliphatic carbocycles. The fourth-order valence-electron chi connectivity index (χ4n) is 1.95. The lowest BCUT2D eigenvalue weighted by molar-refractivity contribution is -0.134. The van der Waals surface area contributed by atoms with Gasteiger partial charge < -0.3 is 10.1 Å². The van der Waals surface area contributed by atoms with E-state index >= 15 is 0 Å². The predicted molar refractivity (Wildman–Crippen MR) is 62.0 cm³/mol. The average Bonchev–Trinajstić information content (AvgIpc) is 2.29. The predicted octanol–water partition coefficient (Wildman–Crippen LogP) is 1.60. The zero-order valence-corrected chi connectivity index (χ0v) is 9.27. The van der Waals surface area contributed by atoms with E-state index in [0.717, 1.165) is 13.0 Å². The molecular weight excluding hydrogens is 202 g/mol. The Hall–Kier alpha value is -1.77. The molecule has 3 heteroatoms. The Bertz CT molecular complexity index is 412. The van der Waals surface area contributed by atoms with Crippen LogP contribution in [0.3, 0.4) is 0 Å². The van der Waals surface area contributed by atoms with E-state index in [1.165, 1.54) is 24.3 Å². The number of hydrogen-bond donors (Lipinski definition) is 1. The van der Waals surface area contributed by atoms with E-state index in [0.29, 0.717) is 5.92 Å². The number of methoxy groups -OCH3 is 1. The third-order valence-electron chi connectivity index (χ3n) is 2.86. The van der Waals surface area contributed by atoms with E-state index in [4.69, 9.17) is 0 Å². The van der Waals surface area contributed by atoms with Crippen LogP contribution in [0.4, 0.5) is 0 Å². The molecule has 0 aliphatic heterocycles. The normalized spacial score (nSPS) is 17.7. The third kappa shape index (κ3) is 2.24. The van der Waals surface area contributed by atoms with Crippen molar-refractivity contribution in [2.45, 2.75) is 12.3 Å². The van der Waals surface area contributed by atoms with E-state index in [2.05, 4.69) is 34.3 Å². The van der Waals surface area contributed by atoms with Crippen LogP contribution in [0.2, 0.25) is 0 Å². The van der Waals surface area contributed by atoms with Gasteiger partial charge in [-0.2, -0.15) is 0 Å². The van der Waals surface area contributed by atoms with Crippen molar-refractivity contribution in [1.29, 1.82) is 0 Å². The second-order valence-corrected chi connectivity index (χ2v) is 3.86. The number of hydrogen-bond acceptors (Lipinski definition) is 3. The maximum absolute atomic E-state index is 10.8. The molecule has 0 fully saturated rings. The van der Waals surface area contributed by atoms with Crippen LogP contribution in [0.25, 0.3) is 0 Å². The summed E-state index contributed by atoms with van der Waals surface area (Å²) in [6.07, 6.45) is 4.16. The lowest BCUT2D eigenvalue weighted by Crippen LogP contribution is -2.26. The van der Waals surface area contributed by atoms with Crippen molar-refractivity contribution < 1.29 is 9.53 Å². The lowest BCUT2D eigenvalue weighted by atomic mass is 9.78. The molecule has 1 aromatic rings. The van der Waals surface area contributed by atoms with Gasteiger partial charge in [0.25, 0.3) is 0 Å². The van der Waals surface area contributed by atoms with Crippen LogP contribution in [0, 0.1) is 0 Å². The first kappa shape index (κ1) is 10.7. The minimum atomic E-state index is -0.332. The number of fused-ring (bicyclic) bond motifs is 1. The molecule has 1 N–H and O–H groups in total. The highest BCUT2D eigenvalue weighted by Crippen LogP contribution is 2.33. The third-order valence-corrected chi connectivity index (χ3v) is 2.86. The van der Waals surface area contributed by atoms with Gasteiger partial charge >= 0.3 is 5.97 Å². The molecule has 2 rings (SSSR count). The Morgan fingerprint density at radius 1 is 1.56 bits per heavy atom. The van der Waals surface area contributed by atoms with Crippen LogP contribution in [0.5, 0.6) is 0 Å². The van der Waals surface area contributed by atoms with Gasteiger partial charge in [-0.25, -0.2) is 4.79 Å². The van der Waals surface area contributed by atoms with Gasteiger partial charge in [0.2, 0.25) is 0 Å². The Morgan fingerprint density at radius 2 is 2.38 bits per heavy atom. The van der Waals surface area contributed by atoms with Crippen molar-refractivity contribution in [1.82, 2.24) is 5.32 Å². The van der Waals surface area contributed by atoms with Crippen molar-refractivity contribution in [3.63, 3.8) is 0 Å². The molecule has 0 amide bonds. The van der Waals surface area contributed by atoms with E-state index in [1.807, 2.05) is 0 Å². The topological polar surface area (TPSA) is 38.3 Å². The van der Waals surface area contributed by atoms with Crippen LogP contribution in [0.1, 0.15) is 17.0 Å². The molecular formula is C13H15NO2. The van der Waals surface area contributed by atoms with E-state index in [1.54, 1.807) is 6.20 Å². The van der Waals surface area contributed by atoms with Crippen molar-refractivity contribution in [3.05, 3.63) is 47.7 Å². The maximum Gasteiger partial charge on any atom is 0.331 e. The molecule has 1 unspecified atom stereocenters. The molecule has 0 aromatic heterocycles. The number of nitrogens with one attached hydrogen (secondary N) is 1. The van der Waals surface area contributed by atoms with Gasteiger partial charge in [-0.1, -0.05) is 24.3 Å². The van der Waals surface area contributed by atoms with Gasteiger partial charge in [-0.15, -0.1) is 0 Å². The van der Waals surface area contributed by atoms with Gasteiger partial charge in [0, 0.05) is 24.7 Å². The summed E-state index contributed by atoms with van der Waals surface area (Å²) in [5.41, 5.74) is 2.85. The number of esters is 1. The average molecular weight is 217 g/mol. The van der Waals surface area contributed by atoms with Gasteiger partial charge in [-0.05, 0) is 17.5 Å². The van der Waals surface area contributed by atoms with Gasteiger partial charge in [0.1, 0.15) is 0 Å². The summed E-state index contributed by atoms with van der Waals surface area (Å²) in [5.74, 6) is 0.236. The summed E-state index contributed by atoms with van der Waals surface area (Å²) in [7, 11) is 1.37. The molecule has 0 saturated carbocycles. The first-order valence-electron chi connectivity index (χ1n) is 5.37. The fraction of sp³-hybridized carbons (Fsp3) is 0.308. The van der Waals surface area contributed by atoms with E-state index in [-0.39, 0.29) is 5.97 Å². The molecule has 0 bridgehead atoms. The molecule has 1 aromatic carbocycles. The first-order chi connectivity index (χ1) is 7.81. The van der Waals surface area contributed by atoms with Crippen molar-refractivity contribution in [3.8, 4) is 0 Å². The number of ether oxygens (including phenoxy) is 1. The molecule has 1 atom stereocenters. The van der Waals surface area contributed by atoms with Crippen molar-refractivity contribution in [2.75, 3.05) is 13.7 Å². The van der Waals surface area contributed by atoms with Crippen molar-refractivity contribution >= 4 is 5.97 Å². The Kier molecular flexibility index (Phi) is 3.25. The fourth-order valence-corrected chi connectivity index (χ4v) is 1.95. The quantitative estimate of drug-likeness (QED) is 0.615. The second kappa shape index (κ2) is 4.84. The van der Waals surface area contributed by atoms with Gasteiger partial charge in [0.15, 0.2) is 0 Å². The van der Waals surface area contributed by atoms with Crippen LogP contribution < -0.4 is 5.32 Å². The van der Waals surface area contributed by atoms with Crippen LogP contribution in [-0.2, 0) is 16.0 Å². The first-order valence-corrected chi connectivity index (χ1v) is 5.37. The Balaban J connectivity index is 1.78. The number of carbonyl (C=O) groups is 1.